The van der Waals surface area contributed by atoms with Crippen molar-refractivity contribution in [2.75, 3.05) is 25.1 Å². The number of anilines is 1. The molecule has 3 amide bonds. The van der Waals surface area contributed by atoms with Gasteiger partial charge in [0.25, 0.3) is 0 Å². The number of carbonyl (C=O) groups is 3. The molecule has 2 fully saturated rings. The zero-order valence-electron chi connectivity index (χ0n) is 21.2. The first-order valence-electron chi connectivity index (χ1n) is 12.8. The lowest BCUT2D eigenvalue weighted by Gasteiger charge is -2.31. The van der Waals surface area contributed by atoms with Crippen LogP contribution in [0.5, 0.6) is 5.75 Å². The molecule has 4 heterocycles. The number of ether oxygens (including phenoxy) is 1. The second-order valence-electron chi connectivity index (χ2n) is 9.87. The van der Waals surface area contributed by atoms with Gasteiger partial charge in [0.1, 0.15) is 17.5 Å². The van der Waals surface area contributed by atoms with Gasteiger partial charge in [0, 0.05) is 28.4 Å². The summed E-state index contributed by atoms with van der Waals surface area (Å²) in [6.07, 6.45) is 3.02. The Morgan fingerprint density at radius 2 is 1.67 bits per heavy atom. The molecule has 2 saturated heterocycles. The summed E-state index contributed by atoms with van der Waals surface area (Å²) in [4.78, 5) is 57.7. The summed E-state index contributed by atoms with van der Waals surface area (Å²) in [6, 6.07) is 14.5. The molecule has 202 valence electrons. The van der Waals surface area contributed by atoms with E-state index in [0.29, 0.717) is 29.6 Å². The molecule has 0 spiro atoms. The highest BCUT2D eigenvalue weighted by atomic mass is 79.9. The number of carbonyl (C=O) groups excluding carboxylic acids is 3. The molecular weight excluding hydrogens is 602 g/mol. The van der Waals surface area contributed by atoms with Crippen LogP contribution < -0.4 is 14.5 Å². The van der Waals surface area contributed by atoms with Crippen molar-refractivity contribution in [3.63, 3.8) is 0 Å². The number of halogens is 1. The molecule has 11 heteroatoms. The molecule has 0 bridgehead atoms. The molecule has 2 aromatic carbocycles. The van der Waals surface area contributed by atoms with Crippen LogP contribution in [0.4, 0.5) is 5.69 Å². The Bertz CT molecular complexity index is 1490. The Hall–Kier alpha value is -2.89. The Balaban J connectivity index is 1.43. The average molecular weight is 629 g/mol. The molecule has 3 aliphatic rings. The molecule has 8 nitrogen and oxygen atoms in total. The van der Waals surface area contributed by atoms with E-state index in [-0.39, 0.29) is 29.1 Å². The van der Waals surface area contributed by atoms with Gasteiger partial charge in [0.15, 0.2) is 0 Å². The topological polar surface area (TPSA) is 88.9 Å². The lowest BCUT2D eigenvalue weighted by Crippen LogP contribution is -2.39. The fraction of sp³-hybridized carbons (Fsp3) is 0.357. The van der Waals surface area contributed by atoms with E-state index in [4.69, 9.17) is 4.74 Å². The summed E-state index contributed by atoms with van der Waals surface area (Å²) in [5.74, 6) is -1.21. The van der Waals surface area contributed by atoms with Gasteiger partial charge < -0.3 is 9.64 Å². The fourth-order valence-electron chi connectivity index (χ4n) is 5.65. The smallest absolute Gasteiger partial charge is 0.308 e. The third-order valence-corrected chi connectivity index (χ3v) is 10.7. The number of likely N-dealkylation sites (tertiary alicyclic amines) is 1. The molecule has 0 N–H and O–H groups in total. The minimum atomic E-state index is -0.717. The molecule has 0 saturated carbocycles. The molecule has 0 radical (unpaired) electrons. The van der Waals surface area contributed by atoms with Gasteiger partial charge in [-0.15, -0.1) is 0 Å². The predicted molar refractivity (Wildman–Crippen MR) is 154 cm³/mol. The highest BCUT2D eigenvalue weighted by molar-refractivity contribution is 9.10. The number of aromatic nitrogens is 1. The van der Waals surface area contributed by atoms with Crippen LogP contribution in [0.2, 0.25) is 0 Å². The molecule has 39 heavy (non-hydrogen) atoms. The minimum Gasteiger partial charge on any atom is -0.497 e. The number of thioether (sulfide) groups is 1. The largest absolute Gasteiger partial charge is 0.497 e. The lowest BCUT2D eigenvalue weighted by molar-refractivity contribution is -0.133. The van der Waals surface area contributed by atoms with Crippen molar-refractivity contribution in [2.45, 2.75) is 42.0 Å². The van der Waals surface area contributed by atoms with Gasteiger partial charge in [-0.25, -0.2) is 4.90 Å². The van der Waals surface area contributed by atoms with Crippen LogP contribution in [0.3, 0.4) is 0 Å². The first-order chi connectivity index (χ1) is 18.9. The third kappa shape index (κ3) is 4.64. The van der Waals surface area contributed by atoms with E-state index < -0.39 is 17.1 Å². The van der Waals surface area contributed by atoms with Gasteiger partial charge in [0.05, 0.1) is 23.7 Å². The number of rotatable bonds is 5. The van der Waals surface area contributed by atoms with Crippen LogP contribution >= 0.6 is 39.0 Å². The first-order valence-corrected chi connectivity index (χ1v) is 15.3. The number of benzene rings is 2. The number of hydrogen-bond donors (Lipinski definition) is 0. The SMILES string of the molecule is COc1ccc([C@@H]2c3sc(=O)n(CC(=O)N4CCCCC4)c3S[C@H]3C(=O)N(c4ccc(Br)cc4)C(=O)[C@@H]23)cc1. The van der Waals surface area contributed by atoms with Gasteiger partial charge in [0.2, 0.25) is 17.7 Å². The van der Waals surface area contributed by atoms with Gasteiger partial charge >= 0.3 is 4.87 Å². The molecule has 3 aromatic rings. The third-order valence-electron chi connectivity index (χ3n) is 7.61. The maximum atomic E-state index is 13.9. The van der Waals surface area contributed by atoms with Crippen molar-refractivity contribution in [2.24, 2.45) is 5.92 Å². The summed E-state index contributed by atoms with van der Waals surface area (Å²) in [5.41, 5.74) is 1.33. The molecule has 0 unspecified atom stereocenters. The Labute approximate surface area is 242 Å². The van der Waals surface area contributed by atoms with E-state index in [9.17, 15) is 19.2 Å². The van der Waals surface area contributed by atoms with Crippen LogP contribution in [0, 0.1) is 5.92 Å². The fourth-order valence-corrected chi connectivity index (χ4v) is 8.69. The number of fused-ring (bicyclic) bond motifs is 2. The van der Waals surface area contributed by atoms with Gasteiger partial charge in [-0.1, -0.05) is 51.2 Å². The van der Waals surface area contributed by atoms with Crippen molar-refractivity contribution in [1.29, 1.82) is 0 Å². The van der Waals surface area contributed by atoms with E-state index in [0.717, 1.165) is 45.5 Å². The van der Waals surface area contributed by atoms with E-state index in [2.05, 4.69) is 15.9 Å². The van der Waals surface area contributed by atoms with Crippen molar-refractivity contribution >= 4 is 62.4 Å². The van der Waals surface area contributed by atoms with Crippen molar-refractivity contribution in [3.05, 3.63) is 73.1 Å². The quantitative estimate of drug-likeness (QED) is 0.387. The molecule has 6 rings (SSSR count). The average Bonchev–Trinajstić information content (AvgIpc) is 3.40. The van der Waals surface area contributed by atoms with Crippen molar-refractivity contribution in [3.8, 4) is 5.75 Å². The number of piperidine rings is 1. The lowest BCUT2D eigenvalue weighted by atomic mass is 9.83. The Morgan fingerprint density at radius 1 is 0.974 bits per heavy atom. The first kappa shape index (κ1) is 26.3. The van der Waals surface area contributed by atoms with Crippen molar-refractivity contribution in [1.82, 2.24) is 9.47 Å². The summed E-state index contributed by atoms with van der Waals surface area (Å²) < 4.78 is 7.68. The van der Waals surface area contributed by atoms with Gasteiger partial charge in [-0.05, 0) is 61.2 Å². The van der Waals surface area contributed by atoms with E-state index in [1.807, 2.05) is 29.2 Å². The Morgan fingerprint density at radius 3 is 2.33 bits per heavy atom. The zero-order chi connectivity index (χ0) is 27.3. The normalized spacial score (nSPS) is 22.6. The van der Waals surface area contributed by atoms with E-state index in [1.165, 1.54) is 21.2 Å². The summed E-state index contributed by atoms with van der Waals surface area (Å²) >= 11 is 5.72. The molecule has 0 aliphatic carbocycles. The highest BCUT2D eigenvalue weighted by Crippen LogP contribution is 2.54. The van der Waals surface area contributed by atoms with Crippen LogP contribution in [-0.2, 0) is 20.9 Å². The number of amides is 3. The van der Waals surface area contributed by atoms with Crippen LogP contribution in [0.1, 0.15) is 35.6 Å². The highest BCUT2D eigenvalue weighted by Gasteiger charge is 2.56. The second kappa shape index (κ2) is 10.6. The van der Waals surface area contributed by atoms with Crippen LogP contribution in [-0.4, -0.2) is 52.6 Å². The number of hydrogen-bond acceptors (Lipinski definition) is 7. The maximum absolute atomic E-state index is 13.9. The number of methoxy groups -OCH3 is 1. The summed E-state index contributed by atoms with van der Waals surface area (Å²) in [6.45, 7) is 1.33. The number of thiazole rings is 1. The van der Waals surface area contributed by atoms with Crippen LogP contribution in [0.15, 0.2) is 62.8 Å². The number of nitrogens with zero attached hydrogens (tertiary/aromatic N) is 3. The van der Waals surface area contributed by atoms with E-state index in [1.54, 1.807) is 31.4 Å². The maximum Gasteiger partial charge on any atom is 0.308 e. The zero-order valence-corrected chi connectivity index (χ0v) is 24.4. The number of imide groups is 1. The standard InChI is InChI=1S/C28H26BrN3O5S2/c1-37-19-11-5-16(6-12-19)21-22-23(26(35)32(25(22)34)18-9-7-17(29)8-10-18)38-27-24(21)39-28(36)31(27)15-20(33)30-13-3-2-4-14-30/h5-12,21-23H,2-4,13-15H2,1H3/t21-,22-,23+/m0/s1. The van der Waals surface area contributed by atoms with Gasteiger partial charge in [-0.2, -0.15) is 0 Å². The minimum absolute atomic E-state index is 0.0665. The summed E-state index contributed by atoms with van der Waals surface area (Å²) in [7, 11) is 1.58. The molecule has 3 aliphatic heterocycles. The van der Waals surface area contributed by atoms with Gasteiger partial charge in [-0.3, -0.25) is 23.7 Å². The predicted octanol–water partition coefficient (Wildman–Crippen LogP) is 4.49. The second-order valence-corrected chi connectivity index (χ2v) is 12.9. The van der Waals surface area contributed by atoms with Crippen molar-refractivity contribution < 1.29 is 19.1 Å². The molecule has 1 aromatic heterocycles. The molecule has 3 atom stereocenters. The Kier molecular flexibility index (Phi) is 7.15. The van der Waals surface area contributed by atoms with E-state index >= 15 is 0 Å². The van der Waals surface area contributed by atoms with Crippen LogP contribution in [0.25, 0.3) is 0 Å². The monoisotopic (exact) mass is 627 g/mol. The summed E-state index contributed by atoms with van der Waals surface area (Å²) in [5, 5.41) is -0.109. The molecular formula is C28H26BrN3O5S2.